The molecule has 0 bridgehead atoms. The molecule has 166 valence electrons. The molecule has 1 N–H and O–H groups in total. The zero-order chi connectivity index (χ0) is 22.4. The minimum absolute atomic E-state index is 0.0678. The van der Waals surface area contributed by atoms with E-state index in [-0.39, 0.29) is 23.8 Å². The van der Waals surface area contributed by atoms with Gasteiger partial charge in [0.2, 0.25) is 0 Å². The molecule has 0 radical (unpaired) electrons. The number of urea groups is 1. The van der Waals surface area contributed by atoms with Gasteiger partial charge in [-0.25, -0.2) is 19.1 Å². The number of piperidine rings is 1. The Labute approximate surface area is 185 Å². The van der Waals surface area contributed by atoms with Crippen LogP contribution in [0.1, 0.15) is 32.7 Å². The lowest BCUT2D eigenvalue weighted by molar-refractivity contribution is 0.164. The number of pyridine rings is 2. The maximum Gasteiger partial charge on any atom is 0.330 e. The Morgan fingerprint density at radius 3 is 2.84 bits per heavy atom. The Bertz CT molecular complexity index is 1360. The van der Waals surface area contributed by atoms with Crippen LogP contribution in [0.4, 0.5) is 4.79 Å². The molecule has 32 heavy (non-hydrogen) atoms. The second kappa shape index (κ2) is 7.81. The lowest BCUT2D eigenvalue weighted by atomic mass is 10.1. The van der Waals surface area contributed by atoms with Crippen molar-refractivity contribution in [2.75, 3.05) is 13.1 Å². The van der Waals surface area contributed by atoms with Crippen molar-refractivity contribution in [3.05, 3.63) is 53.2 Å². The number of carbonyl (C=O) groups excluding carboxylic acids is 1. The fraction of sp³-hybridized carbons (Fsp3) is 0.391. The Balaban J connectivity index is 1.57. The van der Waals surface area contributed by atoms with E-state index in [0.29, 0.717) is 18.7 Å². The lowest BCUT2D eigenvalue weighted by Crippen LogP contribution is -2.48. The summed E-state index contributed by atoms with van der Waals surface area (Å²) in [5.41, 5.74) is 3.94. The molecular formula is C23H27N7O2. The van der Waals surface area contributed by atoms with Crippen LogP contribution in [0.5, 0.6) is 0 Å². The fourth-order valence-electron chi connectivity index (χ4n) is 4.53. The van der Waals surface area contributed by atoms with Crippen LogP contribution in [-0.2, 0) is 7.05 Å². The van der Waals surface area contributed by atoms with Gasteiger partial charge in [-0.3, -0.25) is 9.13 Å². The highest BCUT2D eigenvalue weighted by Crippen LogP contribution is 2.28. The van der Waals surface area contributed by atoms with Gasteiger partial charge in [0.05, 0.1) is 29.0 Å². The molecule has 5 heterocycles. The van der Waals surface area contributed by atoms with Crippen LogP contribution < -0.4 is 11.0 Å². The van der Waals surface area contributed by atoms with Crippen molar-refractivity contribution in [3.8, 4) is 11.3 Å². The molecule has 1 aliphatic rings. The normalized spacial score (nSPS) is 16.9. The molecule has 2 amide bonds. The van der Waals surface area contributed by atoms with E-state index >= 15 is 0 Å². The van der Waals surface area contributed by atoms with Gasteiger partial charge in [0.1, 0.15) is 0 Å². The summed E-state index contributed by atoms with van der Waals surface area (Å²) >= 11 is 0. The van der Waals surface area contributed by atoms with Gasteiger partial charge in [-0.1, -0.05) is 6.07 Å². The van der Waals surface area contributed by atoms with Crippen molar-refractivity contribution < 1.29 is 4.79 Å². The van der Waals surface area contributed by atoms with Gasteiger partial charge in [0, 0.05) is 37.9 Å². The van der Waals surface area contributed by atoms with Crippen LogP contribution >= 0.6 is 0 Å². The standard InChI is InChI=1S/C23H27N7O2/c1-15(2)25-22(31)28-11-6-7-16(14-28)30-21-20(27(3)23(30)32)10-9-18(26-21)17-13-24-29-12-5-4-8-19(17)29/h4-5,8-10,12-13,15-16H,6-7,11,14H2,1-3H3,(H,25,31). The molecule has 1 aliphatic heterocycles. The van der Waals surface area contributed by atoms with Gasteiger partial charge >= 0.3 is 11.7 Å². The summed E-state index contributed by atoms with van der Waals surface area (Å²) in [6, 6.07) is 9.63. The minimum atomic E-state index is -0.121. The van der Waals surface area contributed by atoms with Crippen LogP contribution in [0.15, 0.2) is 47.5 Å². The lowest BCUT2D eigenvalue weighted by Gasteiger charge is -2.33. The summed E-state index contributed by atoms with van der Waals surface area (Å²) in [5, 5.41) is 7.37. The maximum atomic E-state index is 13.2. The van der Waals surface area contributed by atoms with Crippen molar-refractivity contribution in [3.63, 3.8) is 0 Å². The topological polar surface area (TPSA) is 89.5 Å². The number of hydrogen-bond acceptors (Lipinski definition) is 4. The number of nitrogens with one attached hydrogen (secondary N) is 1. The van der Waals surface area contributed by atoms with Crippen molar-refractivity contribution in [1.29, 1.82) is 0 Å². The van der Waals surface area contributed by atoms with Crippen LogP contribution in [0.2, 0.25) is 0 Å². The van der Waals surface area contributed by atoms with Crippen molar-refractivity contribution in [1.82, 2.24) is 33.9 Å². The van der Waals surface area contributed by atoms with Gasteiger partial charge < -0.3 is 10.2 Å². The molecule has 9 heteroatoms. The molecule has 1 atom stereocenters. The zero-order valence-electron chi connectivity index (χ0n) is 18.5. The first-order valence-electron chi connectivity index (χ1n) is 11.0. The molecular weight excluding hydrogens is 406 g/mol. The third kappa shape index (κ3) is 3.34. The van der Waals surface area contributed by atoms with E-state index in [4.69, 9.17) is 4.98 Å². The number of carbonyl (C=O) groups is 1. The molecule has 0 spiro atoms. The van der Waals surface area contributed by atoms with E-state index in [0.717, 1.165) is 35.1 Å². The van der Waals surface area contributed by atoms with Crippen LogP contribution in [0, 0.1) is 0 Å². The third-order valence-corrected chi connectivity index (χ3v) is 6.10. The van der Waals surface area contributed by atoms with Crippen molar-refractivity contribution >= 4 is 22.7 Å². The number of rotatable bonds is 3. The summed E-state index contributed by atoms with van der Waals surface area (Å²) in [4.78, 5) is 32.5. The van der Waals surface area contributed by atoms with E-state index in [1.165, 1.54) is 0 Å². The van der Waals surface area contributed by atoms with Crippen LogP contribution in [0.3, 0.4) is 0 Å². The Hall–Kier alpha value is -3.62. The average Bonchev–Trinajstić information content (AvgIpc) is 3.32. The molecule has 0 saturated carbocycles. The quantitative estimate of drug-likeness (QED) is 0.538. The fourth-order valence-corrected chi connectivity index (χ4v) is 4.53. The first kappa shape index (κ1) is 20.3. The smallest absolute Gasteiger partial charge is 0.330 e. The summed E-state index contributed by atoms with van der Waals surface area (Å²) < 4.78 is 5.21. The molecule has 1 fully saturated rings. The van der Waals surface area contributed by atoms with Gasteiger partial charge in [0.15, 0.2) is 5.65 Å². The highest BCUT2D eigenvalue weighted by Gasteiger charge is 2.28. The first-order valence-corrected chi connectivity index (χ1v) is 11.0. The number of aryl methyl sites for hydroxylation is 1. The van der Waals surface area contributed by atoms with Gasteiger partial charge in [0.25, 0.3) is 0 Å². The first-order chi connectivity index (χ1) is 15.4. The molecule has 0 aliphatic carbocycles. The van der Waals surface area contributed by atoms with E-state index in [1.54, 1.807) is 27.3 Å². The van der Waals surface area contributed by atoms with Crippen LogP contribution in [-0.4, -0.2) is 53.8 Å². The summed E-state index contributed by atoms with van der Waals surface area (Å²) in [7, 11) is 1.77. The second-order valence-electron chi connectivity index (χ2n) is 8.69. The van der Waals surface area contributed by atoms with Gasteiger partial charge in [-0.2, -0.15) is 5.10 Å². The molecule has 1 unspecified atom stereocenters. The minimum Gasteiger partial charge on any atom is -0.336 e. The monoisotopic (exact) mass is 433 g/mol. The molecule has 5 rings (SSSR count). The summed E-state index contributed by atoms with van der Waals surface area (Å²) in [6.07, 6.45) is 5.36. The highest BCUT2D eigenvalue weighted by atomic mass is 16.2. The largest absolute Gasteiger partial charge is 0.336 e. The van der Waals surface area contributed by atoms with Gasteiger partial charge in [-0.15, -0.1) is 0 Å². The molecule has 4 aromatic rings. The predicted octanol–water partition coefficient (Wildman–Crippen LogP) is 2.80. The van der Waals surface area contributed by atoms with E-state index in [9.17, 15) is 9.59 Å². The number of aromatic nitrogens is 5. The van der Waals surface area contributed by atoms with Crippen molar-refractivity contribution in [2.45, 2.75) is 38.8 Å². The molecule has 9 nitrogen and oxygen atoms in total. The molecule has 0 aromatic carbocycles. The molecule has 4 aromatic heterocycles. The average molecular weight is 434 g/mol. The molecule has 1 saturated heterocycles. The number of imidazole rings is 1. The Morgan fingerprint density at radius 1 is 1.19 bits per heavy atom. The number of nitrogens with zero attached hydrogens (tertiary/aromatic N) is 6. The SMILES string of the molecule is CC(C)NC(=O)N1CCCC(n2c(=O)n(C)c3ccc(-c4cnn5ccccc45)nc32)C1. The maximum absolute atomic E-state index is 13.2. The number of amides is 2. The highest BCUT2D eigenvalue weighted by molar-refractivity contribution is 5.82. The number of likely N-dealkylation sites (tertiary alicyclic amines) is 1. The second-order valence-corrected chi connectivity index (χ2v) is 8.69. The third-order valence-electron chi connectivity index (χ3n) is 6.10. The van der Waals surface area contributed by atoms with Crippen molar-refractivity contribution in [2.24, 2.45) is 7.05 Å². The number of fused-ring (bicyclic) bond motifs is 2. The summed E-state index contributed by atoms with van der Waals surface area (Å²) in [5.74, 6) is 0. The van der Waals surface area contributed by atoms with E-state index in [2.05, 4.69) is 10.4 Å². The Kier molecular flexibility index (Phi) is 4.96. The summed E-state index contributed by atoms with van der Waals surface area (Å²) in [6.45, 7) is 5.07. The Morgan fingerprint density at radius 2 is 2.03 bits per heavy atom. The van der Waals surface area contributed by atoms with E-state index in [1.807, 2.05) is 54.9 Å². The van der Waals surface area contributed by atoms with Crippen LogP contribution in [0.25, 0.3) is 27.9 Å². The van der Waals surface area contributed by atoms with Gasteiger partial charge in [-0.05, 0) is 51.0 Å². The number of hydrogen-bond donors (Lipinski definition) is 1. The van der Waals surface area contributed by atoms with E-state index < -0.39 is 0 Å². The zero-order valence-corrected chi connectivity index (χ0v) is 18.5. The predicted molar refractivity (Wildman–Crippen MR) is 123 cm³/mol.